The molecule has 0 saturated carbocycles. The average molecular weight is 243 g/mol. The molecule has 0 aromatic rings. The van der Waals surface area contributed by atoms with Crippen LogP contribution in [0.2, 0.25) is 0 Å². The minimum Gasteiger partial charge on any atom is -0.401 e. The predicted octanol–water partition coefficient (Wildman–Crippen LogP) is 2.93. The maximum absolute atomic E-state index is 5.50. The van der Waals surface area contributed by atoms with E-state index in [1.165, 1.54) is 32.4 Å². The summed E-state index contributed by atoms with van der Waals surface area (Å²) in [5.74, 6) is 0. The Morgan fingerprint density at radius 3 is 2.12 bits per heavy atom. The Morgan fingerprint density at radius 2 is 1.65 bits per heavy atom. The molecule has 3 N–H and O–H groups in total. The Labute approximate surface area is 108 Å². The summed E-state index contributed by atoms with van der Waals surface area (Å²) >= 11 is 0. The number of nitrogens with zero attached hydrogens (tertiary/aromatic N) is 1. The molecule has 17 heavy (non-hydrogen) atoms. The van der Waals surface area contributed by atoms with Crippen LogP contribution in [-0.2, 0) is 0 Å². The monoisotopic (exact) mass is 243 g/mol. The Balaban J connectivity index is 0. The van der Waals surface area contributed by atoms with E-state index in [9.17, 15) is 0 Å². The van der Waals surface area contributed by atoms with Gasteiger partial charge in [-0.3, -0.25) is 0 Å². The van der Waals surface area contributed by atoms with Gasteiger partial charge in [0.2, 0.25) is 0 Å². The van der Waals surface area contributed by atoms with Crippen molar-refractivity contribution in [2.75, 3.05) is 26.2 Å². The zero-order chi connectivity index (χ0) is 13.5. The third kappa shape index (κ3) is 13.2. The summed E-state index contributed by atoms with van der Waals surface area (Å²) in [4.78, 5) is 2.51. The Hall–Kier alpha value is -0.700. The van der Waals surface area contributed by atoms with Gasteiger partial charge in [0.05, 0.1) is 0 Å². The second-order valence-electron chi connectivity index (χ2n) is 3.74. The van der Waals surface area contributed by atoms with Gasteiger partial charge >= 0.3 is 0 Å². The molecule has 104 valence electrons. The Bertz CT molecular complexity index is 157. The number of nitrogens with two attached hydrogens (primary N) is 1. The maximum atomic E-state index is 5.50. The van der Waals surface area contributed by atoms with Gasteiger partial charge in [-0.05, 0) is 32.9 Å². The normalized spacial score (nSPS) is 16.2. The highest BCUT2D eigenvalue weighted by Gasteiger charge is 2.07. The molecule has 0 aromatic heterocycles. The molecular weight excluding hydrogens is 210 g/mol. The van der Waals surface area contributed by atoms with Gasteiger partial charge in [0, 0.05) is 25.0 Å². The van der Waals surface area contributed by atoms with Crippen molar-refractivity contribution in [2.24, 2.45) is 5.73 Å². The third-order valence-corrected chi connectivity index (χ3v) is 2.35. The van der Waals surface area contributed by atoms with Crippen LogP contribution in [0.25, 0.3) is 0 Å². The quantitative estimate of drug-likeness (QED) is 0.746. The zero-order valence-corrected chi connectivity index (χ0v) is 12.6. The highest BCUT2D eigenvalue weighted by Crippen LogP contribution is 2.07. The van der Waals surface area contributed by atoms with E-state index in [-0.39, 0.29) is 0 Å². The predicted molar refractivity (Wildman–Crippen MR) is 78.9 cm³/mol. The van der Waals surface area contributed by atoms with Gasteiger partial charge < -0.3 is 16.0 Å². The van der Waals surface area contributed by atoms with E-state index in [0.29, 0.717) is 0 Å². The second-order valence-corrected chi connectivity index (χ2v) is 3.74. The van der Waals surface area contributed by atoms with Crippen molar-refractivity contribution in [3.05, 3.63) is 11.9 Å². The van der Waals surface area contributed by atoms with Gasteiger partial charge in [-0.1, -0.05) is 34.1 Å². The number of nitrogens with one attached hydrogen (secondary N) is 1. The van der Waals surface area contributed by atoms with Crippen molar-refractivity contribution >= 4 is 0 Å². The van der Waals surface area contributed by atoms with Crippen molar-refractivity contribution in [1.82, 2.24) is 10.2 Å². The van der Waals surface area contributed by atoms with Gasteiger partial charge in [0.15, 0.2) is 0 Å². The van der Waals surface area contributed by atoms with E-state index in [1.54, 1.807) is 0 Å². The van der Waals surface area contributed by atoms with Gasteiger partial charge in [0.25, 0.3) is 0 Å². The smallest absolute Gasteiger partial charge is 0.0269 e. The Kier molecular flexibility index (Phi) is 16.8. The van der Waals surface area contributed by atoms with Crippen molar-refractivity contribution in [2.45, 2.75) is 53.9 Å². The number of piperidine rings is 1. The van der Waals surface area contributed by atoms with Gasteiger partial charge in [-0.2, -0.15) is 0 Å². The van der Waals surface area contributed by atoms with Gasteiger partial charge in [-0.15, -0.1) is 0 Å². The molecule has 1 aliphatic rings. The van der Waals surface area contributed by atoms with Crippen LogP contribution in [0.15, 0.2) is 11.9 Å². The first-order valence-corrected chi connectivity index (χ1v) is 7.17. The summed E-state index contributed by atoms with van der Waals surface area (Å²) in [5, 5.41) is 3.20. The third-order valence-electron chi connectivity index (χ3n) is 2.35. The minimum absolute atomic E-state index is 0.846. The fourth-order valence-electron chi connectivity index (χ4n) is 1.64. The highest BCUT2D eigenvalue weighted by atomic mass is 15.1. The molecular formula is C14H33N3. The van der Waals surface area contributed by atoms with Crippen molar-refractivity contribution in [3.63, 3.8) is 0 Å². The highest BCUT2D eigenvalue weighted by molar-refractivity contribution is 4.89. The molecule has 1 aliphatic heterocycles. The van der Waals surface area contributed by atoms with Gasteiger partial charge in [0.1, 0.15) is 0 Å². The lowest BCUT2D eigenvalue weighted by Gasteiger charge is -2.26. The van der Waals surface area contributed by atoms with Crippen LogP contribution in [0.4, 0.5) is 0 Å². The van der Waals surface area contributed by atoms with Crippen LogP contribution in [0.1, 0.15) is 53.9 Å². The summed E-state index contributed by atoms with van der Waals surface area (Å²) < 4.78 is 0. The first-order valence-electron chi connectivity index (χ1n) is 7.17. The fraction of sp³-hybridized carbons (Fsp3) is 0.857. The molecule has 0 spiro atoms. The Morgan fingerprint density at radius 1 is 1.12 bits per heavy atom. The molecule has 0 unspecified atom stereocenters. The largest absolute Gasteiger partial charge is 0.401 e. The summed E-state index contributed by atoms with van der Waals surface area (Å²) in [7, 11) is 0. The minimum atomic E-state index is 0.846. The molecule has 0 atom stereocenters. The van der Waals surface area contributed by atoms with Gasteiger partial charge in [-0.25, -0.2) is 0 Å². The summed E-state index contributed by atoms with van der Waals surface area (Å²) in [5.41, 5.74) is 6.34. The summed E-state index contributed by atoms with van der Waals surface area (Å²) in [6, 6.07) is 0. The topological polar surface area (TPSA) is 41.3 Å². The lowest BCUT2D eigenvalue weighted by atomic mass is 10.1. The number of hydrogen-bond acceptors (Lipinski definition) is 3. The molecule has 1 heterocycles. The molecule has 1 saturated heterocycles. The molecule has 0 amide bonds. The zero-order valence-electron chi connectivity index (χ0n) is 12.6. The van der Waals surface area contributed by atoms with E-state index in [4.69, 9.17) is 5.73 Å². The van der Waals surface area contributed by atoms with Crippen molar-refractivity contribution < 1.29 is 0 Å². The second kappa shape index (κ2) is 15.3. The van der Waals surface area contributed by atoms with E-state index >= 15 is 0 Å². The lowest BCUT2D eigenvalue weighted by molar-refractivity contribution is 0.231. The molecule has 0 aromatic carbocycles. The molecule has 1 fully saturated rings. The number of likely N-dealkylation sites (tertiary alicyclic amines) is 1. The number of rotatable bonds is 4. The van der Waals surface area contributed by atoms with Crippen LogP contribution in [0.5, 0.6) is 0 Å². The first kappa shape index (κ1) is 18.7. The molecule has 0 aliphatic carbocycles. The molecule has 0 bridgehead atoms. The van der Waals surface area contributed by atoms with E-state index in [0.717, 1.165) is 18.8 Å². The van der Waals surface area contributed by atoms with Crippen LogP contribution < -0.4 is 11.1 Å². The number of allylic oxidation sites excluding steroid dienone is 1. The standard InChI is InChI=1S/C10H21N3.2C2H6/c1-10(11)9-12-5-8-13-6-3-2-4-7-13;2*1-2/h9,12H,2-8,11H2,1H3;2*1-2H3/b10-9-;;. The van der Waals surface area contributed by atoms with Crippen LogP contribution in [0, 0.1) is 0 Å². The van der Waals surface area contributed by atoms with Crippen LogP contribution in [-0.4, -0.2) is 31.1 Å². The summed E-state index contributed by atoms with van der Waals surface area (Å²) in [6.45, 7) is 14.6. The summed E-state index contributed by atoms with van der Waals surface area (Å²) in [6.07, 6.45) is 6.02. The lowest BCUT2D eigenvalue weighted by Crippen LogP contribution is -2.34. The van der Waals surface area contributed by atoms with Crippen molar-refractivity contribution in [3.8, 4) is 0 Å². The first-order chi connectivity index (χ1) is 8.29. The van der Waals surface area contributed by atoms with E-state index < -0.39 is 0 Å². The molecule has 0 radical (unpaired) electrons. The van der Waals surface area contributed by atoms with Crippen LogP contribution in [0.3, 0.4) is 0 Å². The van der Waals surface area contributed by atoms with Crippen molar-refractivity contribution in [1.29, 1.82) is 0 Å². The van der Waals surface area contributed by atoms with Crippen LogP contribution >= 0.6 is 0 Å². The fourth-order valence-corrected chi connectivity index (χ4v) is 1.64. The van der Waals surface area contributed by atoms with E-state index in [2.05, 4.69) is 10.2 Å². The van der Waals surface area contributed by atoms with E-state index in [1.807, 2.05) is 40.8 Å². The average Bonchev–Trinajstić information content (AvgIpc) is 2.40. The number of hydrogen-bond donors (Lipinski definition) is 2. The maximum Gasteiger partial charge on any atom is 0.0269 e. The SMILES string of the molecule is C/C(N)=C/NCCN1CCCCC1.CC.CC. The molecule has 3 heteroatoms. The molecule has 1 rings (SSSR count). The molecule has 3 nitrogen and oxygen atoms in total.